The summed E-state index contributed by atoms with van der Waals surface area (Å²) in [4.78, 5) is 19.3. The number of H-pyrrole nitrogens is 1. The Balaban J connectivity index is 2.41. The van der Waals surface area contributed by atoms with Crippen molar-refractivity contribution in [2.45, 2.75) is 0 Å². The SMILES string of the molecule is O=c1[nH]nc2c(-n3ccnc3)nccn12. The minimum absolute atomic E-state index is 0.284. The zero-order valence-electron chi connectivity index (χ0n) is 7.53. The zero-order valence-corrected chi connectivity index (χ0v) is 7.53. The molecule has 7 heteroatoms. The molecule has 0 saturated heterocycles. The third kappa shape index (κ3) is 1.06. The first-order chi connectivity index (χ1) is 7.36. The first-order valence-corrected chi connectivity index (χ1v) is 4.26. The fraction of sp³-hybridized carbons (Fsp3) is 0. The fourth-order valence-corrected chi connectivity index (χ4v) is 1.40. The van der Waals surface area contributed by atoms with Crippen LogP contribution in [0, 0.1) is 0 Å². The van der Waals surface area contributed by atoms with E-state index in [1.165, 1.54) is 4.40 Å². The van der Waals surface area contributed by atoms with E-state index in [0.29, 0.717) is 11.5 Å². The molecule has 3 rings (SSSR count). The van der Waals surface area contributed by atoms with E-state index in [2.05, 4.69) is 20.2 Å². The number of hydrogen-bond donors (Lipinski definition) is 1. The molecule has 3 aromatic heterocycles. The van der Waals surface area contributed by atoms with Crippen LogP contribution in [-0.2, 0) is 0 Å². The third-order valence-corrected chi connectivity index (χ3v) is 2.07. The van der Waals surface area contributed by atoms with E-state index in [0.717, 1.165) is 0 Å². The number of nitrogens with one attached hydrogen (secondary N) is 1. The summed E-state index contributed by atoms with van der Waals surface area (Å²) in [6, 6.07) is 0. The first kappa shape index (κ1) is 7.92. The number of imidazole rings is 1. The topological polar surface area (TPSA) is 80.9 Å². The maximum absolute atomic E-state index is 11.3. The van der Waals surface area contributed by atoms with Crippen LogP contribution in [0.1, 0.15) is 0 Å². The van der Waals surface area contributed by atoms with Crippen LogP contribution in [0.2, 0.25) is 0 Å². The lowest BCUT2D eigenvalue weighted by atomic mass is 10.6. The summed E-state index contributed by atoms with van der Waals surface area (Å²) in [5.41, 5.74) is 0.189. The maximum Gasteiger partial charge on any atom is 0.347 e. The molecule has 15 heavy (non-hydrogen) atoms. The molecule has 74 valence electrons. The van der Waals surface area contributed by atoms with Gasteiger partial charge < -0.3 is 0 Å². The van der Waals surface area contributed by atoms with E-state index in [-0.39, 0.29) is 5.69 Å². The average molecular weight is 202 g/mol. The molecule has 7 nitrogen and oxygen atoms in total. The summed E-state index contributed by atoms with van der Waals surface area (Å²) >= 11 is 0. The normalized spacial score (nSPS) is 10.9. The van der Waals surface area contributed by atoms with Gasteiger partial charge >= 0.3 is 5.69 Å². The van der Waals surface area contributed by atoms with E-state index in [4.69, 9.17) is 0 Å². The van der Waals surface area contributed by atoms with Gasteiger partial charge in [0.15, 0.2) is 5.82 Å². The van der Waals surface area contributed by atoms with Crippen molar-refractivity contribution in [2.75, 3.05) is 0 Å². The maximum atomic E-state index is 11.3. The molecule has 0 bridgehead atoms. The Morgan fingerprint density at radius 2 is 2.20 bits per heavy atom. The molecule has 3 heterocycles. The number of aromatic nitrogens is 6. The highest BCUT2D eigenvalue weighted by Gasteiger charge is 2.07. The van der Waals surface area contributed by atoms with Gasteiger partial charge in [0, 0.05) is 24.8 Å². The molecule has 0 amide bonds. The van der Waals surface area contributed by atoms with E-state index in [9.17, 15) is 4.79 Å². The van der Waals surface area contributed by atoms with E-state index in [1.54, 1.807) is 35.7 Å². The molecule has 1 N–H and O–H groups in total. The number of rotatable bonds is 1. The van der Waals surface area contributed by atoms with Gasteiger partial charge in [-0.15, -0.1) is 5.10 Å². The summed E-state index contributed by atoms with van der Waals surface area (Å²) in [6.45, 7) is 0. The molecule has 0 fully saturated rings. The molecule has 0 aliphatic rings. The molecule has 0 aromatic carbocycles. The fourth-order valence-electron chi connectivity index (χ4n) is 1.40. The number of aromatic amines is 1. The molecule has 0 atom stereocenters. The van der Waals surface area contributed by atoms with Crippen LogP contribution in [0.25, 0.3) is 11.5 Å². The van der Waals surface area contributed by atoms with Crippen LogP contribution in [-0.4, -0.2) is 29.1 Å². The second-order valence-corrected chi connectivity index (χ2v) is 2.94. The van der Waals surface area contributed by atoms with Crippen LogP contribution in [0.15, 0.2) is 35.9 Å². The van der Waals surface area contributed by atoms with Crippen LogP contribution in [0.5, 0.6) is 0 Å². The predicted molar refractivity (Wildman–Crippen MR) is 50.7 cm³/mol. The van der Waals surface area contributed by atoms with Gasteiger partial charge in [0.25, 0.3) is 0 Å². The van der Waals surface area contributed by atoms with Crippen LogP contribution in [0.3, 0.4) is 0 Å². The van der Waals surface area contributed by atoms with Crippen molar-refractivity contribution in [3.63, 3.8) is 0 Å². The third-order valence-electron chi connectivity index (χ3n) is 2.07. The Morgan fingerprint density at radius 3 is 3.00 bits per heavy atom. The lowest BCUT2D eigenvalue weighted by Crippen LogP contribution is -2.10. The number of fused-ring (bicyclic) bond motifs is 1. The van der Waals surface area contributed by atoms with Crippen molar-refractivity contribution in [3.8, 4) is 5.82 Å². The number of hydrogen-bond acceptors (Lipinski definition) is 4. The summed E-state index contributed by atoms with van der Waals surface area (Å²) in [5.74, 6) is 0.563. The highest BCUT2D eigenvalue weighted by Crippen LogP contribution is 2.07. The van der Waals surface area contributed by atoms with E-state index >= 15 is 0 Å². The lowest BCUT2D eigenvalue weighted by molar-refractivity contribution is 0.961. The van der Waals surface area contributed by atoms with Gasteiger partial charge in [-0.2, -0.15) is 0 Å². The standard InChI is InChI=1S/C8H6N6O/c15-8-12-11-7-6(10-2-4-14(7)8)13-3-1-9-5-13/h1-5H,(H,12,15). The van der Waals surface area contributed by atoms with Gasteiger partial charge in [0.1, 0.15) is 6.33 Å². The van der Waals surface area contributed by atoms with Crippen molar-refractivity contribution in [1.82, 2.24) is 29.1 Å². The summed E-state index contributed by atoms with van der Waals surface area (Å²) in [7, 11) is 0. The Morgan fingerprint density at radius 1 is 1.27 bits per heavy atom. The van der Waals surface area contributed by atoms with Gasteiger partial charge in [0.2, 0.25) is 5.65 Å². The second-order valence-electron chi connectivity index (χ2n) is 2.94. The van der Waals surface area contributed by atoms with Crippen LogP contribution < -0.4 is 5.69 Å². The number of nitrogens with zero attached hydrogens (tertiary/aromatic N) is 5. The average Bonchev–Trinajstić information content (AvgIpc) is 2.88. The molecule has 3 aromatic rings. The smallest absolute Gasteiger partial charge is 0.287 e. The summed E-state index contributed by atoms with van der Waals surface area (Å²) in [5, 5.41) is 6.25. The minimum atomic E-state index is -0.284. The Hall–Kier alpha value is -2.44. The van der Waals surface area contributed by atoms with Crippen molar-refractivity contribution >= 4 is 5.65 Å². The Labute approximate surface area is 83.0 Å². The molecule has 0 unspecified atom stereocenters. The molecule has 0 radical (unpaired) electrons. The van der Waals surface area contributed by atoms with Crippen molar-refractivity contribution in [2.24, 2.45) is 0 Å². The second kappa shape index (κ2) is 2.77. The van der Waals surface area contributed by atoms with Gasteiger partial charge in [-0.3, -0.25) is 4.57 Å². The lowest BCUT2D eigenvalue weighted by Gasteiger charge is -2.00. The minimum Gasteiger partial charge on any atom is -0.287 e. The Kier molecular flexibility index (Phi) is 1.46. The summed E-state index contributed by atoms with van der Waals surface area (Å²) < 4.78 is 3.08. The van der Waals surface area contributed by atoms with Crippen LogP contribution >= 0.6 is 0 Å². The molecule has 0 aliphatic carbocycles. The molecular weight excluding hydrogens is 196 g/mol. The Bertz CT molecular complexity index is 649. The van der Waals surface area contributed by atoms with Crippen molar-refractivity contribution in [3.05, 3.63) is 41.6 Å². The van der Waals surface area contributed by atoms with Crippen molar-refractivity contribution in [1.29, 1.82) is 0 Å². The monoisotopic (exact) mass is 202 g/mol. The van der Waals surface area contributed by atoms with Gasteiger partial charge in [-0.05, 0) is 0 Å². The largest absolute Gasteiger partial charge is 0.347 e. The molecule has 0 aliphatic heterocycles. The molecule has 0 spiro atoms. The quantitative estimate of drug-likeness (QED) is 0.582. The van der Waals surface area contributed by atoms with Gasteiger partial charge in [-0.25, -0.2) is 24.3 Å². The highest BCUT2D eigenvalue weighted by atomic mass is 16.1. The summed E-state index contributed by atoms with van der Waals surface area (Å²) in [6.07, 6.45) is 8.07. The van der Waals surface area contributed by atoms with E-state index in [1.807, 2.05) is 0 Å². The predicted octanol–water partition coefficient (Wildman–Crippen LogP) is -0.397. The van der Waals surface area contributed by atoms with Gasteiger partial charge in [0.05, 0.1) is 0 Å². The van der Waals surface area contributed by atoms with Crippen LogP contribution in [0.4, 0.5) is 0 Å². The zero-order chi connectivity index (χ0) is 10.3. The molecular formula is C8H6N6O. The highest BCUT2D eigenvalue weighted by molar-refractivity contribution is 5.52. The first-order valence-electron chi connectivity index (χ1n) is 4.26. The van der Waals surface area contributed by atoms with Crippen molar-refractivity contribution < 1.29 is 0 Å². The van der Waals surface area contributed by atoms with Gasteiger partial charge in [-0.1, -0.05) is 0 Å². The molecule has 0 saturated carbocycles. The van der Waals surface area contributed by atoms with E-state index < -0.39 is 0 Å².